The fourth-order valence-corrected chi connectivity index (χ4v) is 1.72. The van der Waals surface area contributed by atoms with Crippen molar-refractivity contribution in [2.45, 2.75) is 26.7 Å². The first kappa shape index (κ1) is 8.98. The Balaban J connectivity index is 2.33. The van der Waals surface area contributed by atoms with Crippen LogP contribution in [0.15, 0.2) is 0 Å². The van der Waals surface area contributed by atoms with E-state index in [1.165, 1.54) is 12.8 Å². The minimum absolute atomic E-state index is 0.195. The van der Waals surface area contributed by atoms with Crippen LogP contribution in [0.5, 0.6) is 0 Å². The van der Waals surface area contributed by atoms with Gasteiger partial charge in [-0.3, -0.25) is 0 Å². The number of alkyl halides is 1. The van der Waals surface area contributed by atoms with Gasteiger partial charge in [0.05, 0.1) is 0 Å². The van der Waals surface area contributed by atoms with Crippen LogP contribution in [0.2, 0.25) is 0 Å². The highest BCUT2D eigenvalue weighted by molar-refractivity contribution is 4.84. The molecule has 66 valence electrons. The minimum atomic E-state index is -0.195. The monoisotopic (exact) mass is 159 g/mol. The van der Waals surface area contributed by atoms with E-state index in [0.717, 1.165) is 13.1 Å². The summed E-state index contributed by atoms with van der Waals surface area (Å²) >= 11 is 0. The normalized spacial score (nSPS) is 33.0. The quantitative estimate of drug-likeness (QED) is 0.609. The Hall–Kier alpha value is -0.110. The topological polar surface area (TPSA) is 3.24 Å². The van der Waals surface area contributed by atoms with E-state index in [2.05, 4.69) is 18.7 Å². The van der Waals surface area contributed by atoms with Crippen LogP contribution in [0.3, 0.4) is 0 Å². The Morgan fingerprint density at radius 3 is 2.73 bits per heavy atom. The van der Waals surface area contributed by atoms with E-state index in [9.17, 15) is 4.39 Å². The van der Waals surface area contributed by atoms with Crippen molar-refractivity contribution >= 4 is 0 Å². The summed E-state index contributed by atoms with van der Waals surface area (Å²) in [4.78, 5) is 2.23. The third-order valence-electron chi connectivity index (χ3n) is 2.89. The standard InChI is InChI=1S/C9H18FN/c1-3-9(2)4-6-11(8-9)7-5-10/h3-8H2,1-2H3. The van der Waals surface area contributed by atoms with E-state index in [1.54, 1.807) is 0 Å². The van der Waals surface area contributed by atoms with Crippen LogP contribution < -0.4 is 0 Å². The van der Waals surface area contributed by atoms with Crippen molar-refractivity contribution in [3.05, 3.63) is 0 Å². The molecule has 0 radical (unpaired) electrons. The summed E-state index contributed by atoms with van der Waals surface area (Å²) in [6.45, 7) is 7.14. The van der Waals surface area contributed by atoms with Crippen molar-refractivity contribution in [1.82, 2.24) is 4.90 Å². The molecule has 0 aromatic carbocycles. The minimum Gasteiger partial charge on any atom is -0.300 e. The highest BCUT2D eigenvalue weighted by Gasteiger charge is 2.31. The fourth-order valence-electron chi connectivity index (χ4n) is 1.72. The second kappa shape index (κ2) is 3.53. The van der Waals surface area contributed by atoms with Gasteiger partial charge in [0, 0.05) is 13.1 Å². The summed E-state index contributed by atoms with van der Waals surface area (Å²) in [5.74, 6) is 0. The molecule has 2 heteroatoms. The summed E-state index contributed by atoms with van der Waals surface area (Å²) in [7, 11) is 0. The van der Waals surface area contributed by atoms with E-state index >= 15 is 0 Å². The summed E-state index contributed by atoms with van der Waals surface area (Å²) in [6.07, 6.45) is 2.46. The first-order chi connectivity index (χ1) is 5.20. The van der Waals surface area contributed by atoms with E-state index in [-0.39, 0.29) is 6.67 Å². The summed E-state index contributed by atoms with van der Waals surface area (Å²) < 4.78 is 12.0. The largest absolute Gasteiger partial charge is 0.300 e. The Morgan fingerprint density at radius 1 is 1.55 bits per heavy atom. The van der Waals surface area contributed by atoms with Crippen molar-refractivity contribution < 1.29 is 4.39 Å². The van der Waals surface area contributed by atoms with Crippen LogP contribution in [-0.2, 0) is 0 Å². The van der Waals surface area contributed by atoms with E-state index in [4.69, 9.17) is 0 Å². The third kappa shape index (κ3) is 2.16. The maximum absolute atomic E-state index is 12.0. The van der Waals surface area contributed by atoms with Gasteiger partial charge in [0.25, 0.3) is 0 Å². The molecule has 0 saturated carbocycles. The van der Waals surface area contributed by atoms with Gasteiger partial charge in [-0.2, -0.15) is 0 Å². The molecule has 0 bridgehead atoms. The Bertz CT molecular complexity index is 127. The maximum Gasteiger partial charge on any atom is 0.102 e. The lowest BCUT2D eigenvalue weighted by Gasteiger charge is -2.21. The summed E-state index contributed by atoms with van der Waals surface area (Å²) in [5, 5.41) is 0. The first-order valence-corrected chi connectivity index (χ1v) is 4.48. The Morgan fingerprint density at radius 2 is 2.27 bits per heavy atom. The van der Waals surface area contributed by atoms with Gasteiger partial charge in [-0.1, -0.05) is 13.8 Å². The lowest BCUT2D eigenvalue weighted by molar-refractivity contribution is 0.250. The molecule has 1 heterocycles. The van der Waals surface area contributed by atoms with Gasteiger partial charge >= 0.3 is 0 Å². The zero-order valence-corrected chi connectivity index (χ0v) is 7.57. The number of hydrogen-bond acceptors (Lipinski definition) is 1. The van der Waals surface area contributed by atoms with Gasteiger partial charge < -0.3 is 4.90 Å². The second-order valence-electron chi connectivity index (χ2n) is 3.88. The SMILES string of the molecule is CCC1(C)CCN(CCF)C1. The Kier molecular flexibility index (Phi) is 2.88. The van der Waals surface area contributed by atoms with Gasteiger partial charge in [-0.15, -0.1) is 0 Å². The van der Waals surface area contributed by atoms with Gasteiger partial charge in [0.1, 0.15) is 6.67 Å². The maximum atomic E-state index is 12.0. The van der Waals surface area contributed by atoms with Crippen molar-refractivity contribution in [3.8, 4) is 0 Å². The molecule has 1 unspecified atom stereocenters. The predicted molar refractivity (Wildman–Crippen MR) is 45.4 cm³/mol. The average molecular weight is 159 g/mol. The molecular formula is C9H18FN. The van der Waals surface area contributed by atoms with Gasteiger partial charge in [0.2, 0.25) is 0 Å². The smallest absolute Gasteiger partial charge is 0.102 e. The van der Waals surface area contributed by atoms with Gasteiger partial charge in [-0.05, 0) is 24.8 Å². The van der Waals surface area contributed by atoms with Crippen molar-refractivity contribution in [2.75, 3.05) is 26.3 Å². The molecule has 0 aromatic heterocycles. The molecule has 1 aliphatic rings. The number of nitrogens with zero attached hydrogens (tertiary/aromatic N) is 1. The molecule has 0 amide bonds. The van der Waals surface area contributed by atoms with Gasteiger partial charge in [0.15, 0.2) is 0 Å². The molecule has 11 heavy (non-hydrogen) atoms. The number of likely N-dealkylation sites (tertiary alicyclic amines) is 1. The highest BCUT2D eigenvalue weighted by Crippen LogP contribution is 2.32. The van der Waals surface area contributed by atoms with E-state index < -0.39 is 0 Å². The molecular weight excluding hydrogens is 141 g/mol. The molecule has 0 aromatic rings. The number of halogens is 1. The van der Waals surface area contributed by atoms with Crippen molar-refractivity contribution in [2.24, 2.45) is 5.41 Å². The fraction of sp³-hybridized carbons (Fsp3) is 1.00. The highest BCUT2D eigenvalue weighted by atomic mass is 19.1. The molecule has 0 N–H and O–H groups in total. The number of hydrogen-bond donors (Lipinski definition) is 0. The van der Waals surface area contributed by atoms with Crippen LogP contribution in [-0.4, -0.2) is 31.2 Å². The zero-order valence-electron chi connectivity index (χ0n) is 7.57. The Labute approximate surface area is 68.6 Å². The molecule has 1 saturated heterocycles. The zero-order chi connectivity index (χ0) is 8.32. The van der Waals surface area contributed by atoms with Crippen LogP contribution in [0.4, 0.5) is 4.39 Å². The third-order valence-corrected chi connectivity index (χ3v) is 2.89. The van der Waals surface area contributed by atoms with Crippen LogP contribution in [0.25, 0.3) is 0 Å². The van der Waals surface area contributed by atoms with E-state index in [0.29, 0.717) is 12.0 Å². The average Bonchev–Trinajstić information content (AvgIpc) is 2.35. The van der Waals surface area contributed by atoms with Crippen molar-refractivity contribution in [1.29, 1.82) is 0 Å². The second-order valence-corrected chi connectivity index (χ2v) is 3.88. The van der Waals surface area contributed by atoms with Crippen LogP contribution in [0.1, 0.15) is 26.7 Å². The molecule has 1 rings (SSSR count). The summed E-state index contributed by atoms with van der Waals surface area (Å²) in [5.41, 5.74) is 0.467. The lowest BCUT2D eigenvalue weighted by Crippen LogP contribution is -2.26. The van der Waals surface area contributed by atoms with E-state index in [1.807, 2.05) is 0 Å². The lowest BCUT2D eigenvalue weighted by atomic mass is 9.87. The molecule has 1 atom stereocenters. The van der Waals surface area contributed by atoms with Gasteiger partial charge in [-0.25, -0.2) is 4.39 Å². The molecule has 1 fully saturated rings. The van der Waals surface area contributed by atoms with Crippen molar-refractivity contribution in [3.63, 3.8) is 0 Å². The van der Waals surface area contributed by atoms with Crippen LogP contribution >= 0.6 is 0 Å². The molecule has 0 spiro atoms. The van der Waals surface area contributed by atoms with Crippen LogP contribution in [0, 0.1) is 5.41 Å². The first-order valence-electron chi connectivity index (χ1n) is 4.48. The summed E-state index contributed by atoms with van der Waals surface area (Å²) in [6, 6.07) is 0. The molecule has 1 nitrogen and oxygen atoms in total. The predicted octanol–water partition coefficient (Wildman–Crippen LogP) is 2.08. The molecule has 1 aliphatic heterocycles. The number of rotatable bonds is 3. The molecule has 0 aliphatic carbocycles.